The van der Waals surface area contributed by atoms with E-state index in [1.54, 1.807) is 12.1 Å². The van der Waals surface area contributed by atoms with Gasteiger partial charge >= 0.3 is 0 Å². The molecule has 2 atom stereocenters. The normalized spacial score (nSPS) is 23.0. The third-order valence-corrected chi connectivity index (χ3v) is 3.41. The van der Waals surface area contributed by atoms with E-state index in [4.69, 9.17) is 4.74 Å². The summed E-state index contributed by atoms with van der Waals surface area (Å²) < 4.78 is 5.70. The average molecular weight is 264 g/mol. The fraction of sp³-hybridized carbons (Fsp3) is 0.571. The second kappa shape index (κ2) is 6.52. The molecule has 104 valence electrons. The van der Waals surface area contributed by atoms with Gasteiger partial charge in [0.1, 0.15) is 0 Å². The second-order valence-corrected chi connectivity index (χ2v) is 4.95. The van der Waals surface area contributed by atoms with Gasteiger partial charge in [-0.15, -0.1) is 0 Å². The van der Waals surface area contributed by atoms with E-state index >= 15 is 0 Å². The highest BCUT2D eigenvalue weighted by molar-refractivity contribution is 5.51. The van der Waals surface area contributed by atoms with E-state index in [0.717, 1.165) is 38.0 Å². The predicted molar refractivity (Wildman–Crippen MR) is 74.4 cm³/mol. The minimum absolute atomic E-state index is 0.127. The molecule has 0 bridgehead atoms. The molecule has 0 amide bonds. The largest absolute Gasteiger partial charge is 0.382 e. The number of ether oxygens (including phenoxy) is 1. The molecule has 2 rings (SSSR count). The van der Waals surface area contributed by atoms with Gasteiger partial charge in [0.25, 0.3) is 5.69 Å². The monoisotopic (exact) mass is 264 g/mol. The van der Waals surface area contributed by atoms with Crippen molar-refractivity contribution >= 4 is 11.4 Å². The number of nitrogens with one attached hydrogen (secondary N) is 1. The first-order valence-electron chi connectivity index (χ1n) is 6.81. The van der Waals surface area contributed by atoms with Crippen LogP contribution >= 0.6 is 0 Å². The summed E-state index contributed by atoms with van der Waals surface area (Å²) in [6.07, 6.45) is 4.43. The van der Waals surface area contributed by atoms with Gasteiger partial charge in [0.2, 0.25) is 0 Å². The van der Waals surface area contributed by atoms with E-state index in [1.807, 2.05) is 6.07 Å². The van der Waals surface area contributed by atoms with E-state index in [9.17, 15) is 10.1 Å². The molecule has 0 radical (unpaired) electrons. The summed E-state index contributed by atoms with van der Waals surface area (Å²) in [4.78, 5) is 10.4. The van der Waals surface area contributed by atoms with Crippen LogP contribution in [0.2, 0.25) is 0 Å². The molecule has 1 aliphatic rings. The Kier molecular flexibility index (Phi) is 4.74. The Hall–Kier alpha value is -1.62. The van der Waals surface area contributed by atoms with Crippen LogP contribution in [0.15, 0.2) is 24.3 Å². The molecule has 0 saturated carbocycles. The first-order chi connectivity index (χ1) is 9.19. The summed E-state index contributed by atoms with van der Waals surface area (Å²) >= 11 is 0. The van der Waals surface area contributed by atoms with E-state index < -0.39 is 0 Å². The lowest BCUT2D eigenvalue weighted by Crippen LogP contribution is -2.33. The van der Waals surface area contributed by atoms with Crippen molar-refractivity contribution < 1.29 is 9.66 Å². The van der Waals surface area contributed by atoms with Gasteiger partial charge in [0.15, 0.2) is 0 Å². The number of rotatable bonds is 5. The highest BCUT2D eigenvalue weighted by atomic mass is 16.6. The van der Waals surface area contributed by atoms with Crippen LogP contribution in [0.25, 0.3) is 0 Å². The molecule has 0 aromatic heterocycles. The van der Waals surface area contributed by atoms with Crippen molar-refractivity contribution in [1.82, 2.24) is 0 Å². The van der Waals surface area contributed by atoms with Crippen molar-refractivity contribution in [3.8, 4) is 0 Å². The SMILES string of the molecule is CCCC1CC(Nc2cccc([N+](=O)[O-])c2)CCO1. The van der Waals surface area contributed by atoms with E-state index in [0.29, 0.717) is 12.1 Å². The van der Waals surface area contributed by atoms with Crippen LogP contribution in [0.5, 0.6) is 0 Å². The fourth-order valence-corrected chi connectivity index (χ4v) is 2.48. The van der Waals surface area contributed by atoms with Crippen molar-refractivity contribution in [2.45, 2.75) is 44.8 Å². The van der Waals surface area contributed by atoms with Crippen molar-refractivity contribution in [3.63, 3.8) is 0 Å². The number of hydrogen-bond acceptors (Lipinski definition) is 4. The number of benzene rings is 1. The van der Waals surface area contributed by atoms with Crippen LogP contribution in [0, 0.1) is 10.1 Å². The maximum atomic E-state index is 10.7. The van der Waals surface area contributed by atoms with Gasteiger partial charge in [-0.05, 0) is 25.3 Å². The van der Waals surface area contributed by atoms with Crippen LogP contribution in [0.3, 0.4) is 0 Å². The van der Waals surface area contributed by atoms with Crippen LogP contribution in [-0.2, 0) is 4.74 Å². The average Bonchev–Trinajstić information content (AvgIpc) is 2.40. The van der Waals surface area contributed by atoms with Crippen LogP contribution in [0.1, 0.15) is 32.6 Å². The van der Waals surface area contributed by atoms with Gasteiger partial charge in [-0.25, -0.2) is 0 Å². The zero-order chi connectivity index (χ0) is 13.7. The molecule has 1 heterocycles. The second-order valence-electron chi connectivity index (χ2n) is 4.95. The molecule has 1 aromatic rings. The number of nitro benzene ring substituents is 1. The predicted octanol–water partition coefficient (Wildman–Crippen LogP) is 3.35. The van der Waals surface area contributed by atoms with Crippen molar-refractivity contribution in [3.05, 3.63) is 34.4 Å². The Morgan fingerprint density at radius 2 is 2.37 bits per heavy atom. The van der Waals surface area contributed by atoms with Gasteiger partial charge in [-0.1, -0.05) is 19.4 Å². The maximum Gasteiger partial charge on any atom is 0.271 e. The minimum Gasteiger partial charge on any atom is -0.382 e. The molecule has 0 spiro atoms. The first-order valence-corrected chi connectivity index (χ1v) is 6.81. The summed E-state index contributed by atoms with van der Waals surface area (Å²) in [5, 5.41) is 14.1. The Labute approximate surface area is 113 Å². The molecule has 1 N–H and O–H groups in total. The maximum absolute atomic E-state index is 10.7. The molecule has 19 heavy (non-hydrogen) atoms. The van der Waals surface area contributed by atoms with Crippen LogP contribution < -0.4 is 5.32 Å². The lowest BCUT2D eigenvalue weighted by molar-refractivity contribution is -0.384. The zero-order valence-corrected chi connectivity index (χ0v) is 11.2. The molecule has 2 unspecified atom stereocenters. The number of nitro groups is 1. The molecule has 1 aromatic carbocycles. The Balaban J connectivity index is 1.96. The highest BCUT2D eigenvalue weighted by Crippen LogP contribution is 2.23. The van der Waals surface area contributed by atoms with E-state index in [2.05, 4.69) is 12.2 Å². The summed E-state index contributed by atoms with van der Waals surface area (Å²) in [5.41, 5.74) is 0.943. The molecule has 1 saturated heterocycles. The zero-order valence-electron chi connectivity index (χ0n) is 11.2. The Bertz CT molecular complexity index is 434. The van der Waals surface area contributed by atoms with Crippen LogP contribution in [-0.4, -0.2) is 23.7 Å². The van der Waals surface area contributed by atoms with Gasteiger partial charge in [0, 0.05) is 30.5 Å². The minimum atomic E-state index is -0.366. The molecular formula is C14H20N2O3. The van der Waals surface area contributed by atoms with Gasteiger partial charge < -0.3 is 10.1 Å². The molecule has 5 nitrogen and oxygen atoms in total. The molecule has 5 heteroatoms. The van der Waals surface area contributed by atoms with Gasteiger partial charge in [-0.3, -0.25) is 10.1 Å². The number of hydrogen-bond donors (Lipinski definition) is 1. The first kappa shape index (κ1) is 13.8. The number of nitrogens with zero attached hydrogens (tertiary/aromatic N) is 1. The van der Waals surface area contributed by atoms with Crippen molar-refractivity contribution in [2.75, 3.05) is 11.9 Å². The molecule has 1 aliphatic heterocycles. The Morgan fingerprint density at radius 3 is 3.11 bits per heavy atom. The Morgan fingerprint density at radius 1 is 1.53 bits per heavy atom. The summed E-state index contributed by atoms with van der Waals surface area (Å²) in [6.45, 7) is 2.91. The number of anilines is 1. The summed E-state index contributed by atoms with van der Waals surface area (Å²) in [6, 6.07) is 7.02. The lowest BCUT2D eigenvalue weighted by Gasteiger charge is -2.30. The quantitative estimate of drug-likeness (QED) is 0.654. The van der Waals surface area contributed by atoms with Crippen molar-refractivity contribution in [1.29, 1.82) is 0 Å². The molecular weight excluding hydrogens is 244 g/mol. The van der Waals surface area contributed by atoms with E-state index in [1.165, 1.54) is 6.07 Å². The molecule has 0 aliphatic carbocycles. The lowest BCUT2D eigenvalue weighted by atomic mass is 10.00. The molecule has 1 fully saturated rings. The highest BCUT2D eigenvalue weighted by Gasteiger charge is 2.22. The van der Waals surface area contributed by atoms with E-state index in [-0.39, 0.29) is 10.6 Å². The summed E-state index contributed by atoms with van der Waals surface area (Å²) in [5.74, 6) is 0. The smallest absolute Gasteiger partial charge is 0.271 e. The van der Waals surface area contributed by atoms with Gasteiger partial charge in [0.05, 0.1) is 11.0 Å². The van der Waals surface area contributed by atoms with Gasteiger partial charge in [-0.2, -0.15) is 0 Å². The standard InChI is InChI=1S/C14H20N2O3/c1-2-4-14-10-12(7-8-19-14)15-11-5-3-6-13(9-11)16(17)18/h3,5-6,9,12,14-15H,2,4,7-8,10H2,1H3. The summed E-state index contributed by atoms with van der Waals surface area (Å²) in [7, 11) is 0. The fourth-order valence-electron chi connectivity index (χ4n) is 2.48. The topological polar surface area (TPSA) is 64.4 Å². The number of non-ortho nitro benzene ring substituents is 1. The third kappa shape index (κ3) is 3.92. The van der Waals surface area contributed by atoms with Crippen molar-refractivity contribution in [2.24, 2.45) is 0 Å². The van der Waals surface area contributed by atoms with Crippen LogP contribution in [0.4, 0.5) is 11.4 Å². The third-order valence-electron chi connectivity index (χ3n) is 3.41.